The molecule has 0 bridgehead atoms. The van der Waals surface area contributed by atoms with Crippen molar-refractivity contribution >= 4 is 0 Å². The van der Waals surface area contributed by atoms with Crippen LogP contribution in [-0.4, -0.2) is 4.57 Å². The molecule has 0 aliphatic carbocycles. The lowest BCUT2D eigenvalue weighted by molar-refractivity contribution is 0.629. The summed E-state index contributed by atoms with van der Waals surface area (Å²) >= 11 is 0. The van der Waals surface area contributed by atoms with Crippen molar-refractivity contribution in [1.82, 2.24) is 4.57 Å². The minimum absolute atomic E-state index is 0.0603. The van der Waals surface area contributed by atoms with Crippen molar-refractivity contribution in [3.8, 4) is 0 Å². The minimum atomic E-state index is 0.0603. The number of rotatable bonds is 4. The van der Waals surface area contributed by atoms with Crippen molar-refractivity contribution in [2.24, 2.45) is 0 Å². The van der Waals surface area contributed by atoms with Crippen molar-refractivity contribution in [2.75, 3.05) is 0 Å². The summed E-state index contributed by atoms with van der Waals surface area (Å²) in [5.74, 6) is 0. The van der Waals surface area contributed by atoms with Crippen molar-refractivity contribution in [3.63, 3.8) is 0 Å². The minimum Gasteiger partial charge on any atom is -0.316 e. The van der Waals surface area contributed by atoms with Crippen LogP contribution in [0.15, 0.2) is 47.6 Å². The van der Waals surface area contributed by atoms with Crippen LogP contribution in [0, 0.1) is 0 Å². The Morgan fingerprint density at radius 1 is 1.54 bits per heavy atom. The number of nitrogens with zero attached hydrogens (tertiary/aromatic N) is 1. The Hall–Kier alpha value is -1.53. The third-order valence-corrected chi connectivity index (χ3v) is 1.79. The normalized spacial score (nSPS) is 9.23. The summed E-state index contributed by atoms with van der Waals surface area (Å²) < 4.78 is 1.71. The van der Waals surface area contributed by atoms with Crippen LogP contribution in [-0.2, 0) is 6.54 Å². The highest BCUT2D eigenvalue weighted by Crippen LogP contribution is 1.93. The molecule has 0 saturated carbocycles. The van der Waals surface area contributed by atoms with Gasteiger partial charge in [-0.2, -0.15) is 0 Å². The van der Waals surface area contributed by atoms with Crippen LogP contribution in [0.4, 0.5) is 0 Å². The van der Waals surface area contributed by atoms with Gasteiger partial charge in [0.2, 0.25) is 5.56 Å². The number of aromatic nitrogens is 1. The molecule has 0 atom stereocenters. The van der Waals surface area contributed by atoms with E-state index in [0.29, 0.717) is 0 Å². The SMILES string of the molecule is C=C=CCCCn1ccccc1=O. The van der Waals surface area contributed by atoms with Crippen LogP contribution < -0.4 is 5.56 Å². The number of unbranched alkanes of at least 4 members (excludes halogenated alkanes) is 1. The zero-order valence-electron chi connectivity index (χ0n) is 7.57. The van der Waals surface area contributed by atoms with Gasteiger partial charge in [0.05, 0.1) is 0 Å². The van der Waals surface area contributed by atoms with Gasteiger partial charge in [-0.3, -0.25) is 4.79 Å². The molecular weight excluding hydrogens is 162 g/mol. The van der Waals surface area contributed by atoms with Crippen molar-refractivity contribution in [2.45, 2.75) is 19.4 Å². The number of hydrogen-bond acceptors (Lipinski definition) is 1. The molecule has 0 N–H and O–H groups in total. The van der Waals surface area contributed by atoms with Gasteiger partial charge in [-0.25, -0.2) is 0 Å². The zero-order chi connectivity index (χ0) is 9.52. The summed E-state index contributed by atoms with van der Waals surface area (Å²) in [7, 11) is 0. The van der Waals surface area contributed by atoms with E-state index in [0.717, 1.165) is 19.4 Å². The summed E-state index contributed by atoms with van der Waals surface area (Å²) in [6.45, 7) is 4.24. The second-order valence-electron chi connectivity index (χ2n) is 2.78. The van der Waals surface area contributed by atoms with Gasteiger partial charge in [-0.15, -0.1) is 5.73 Å². The molecule has 13 heavy (non-hydrogen) atoms. The fourth-order valence-corrected chi connectivity index (χ4v) is 1.11. The maximum atomic E-state index is 11.2. The molecule has 0 fully saturated rings. The van der Waals surface area contributed by atoms with E-state index >= 15 is 0 Å². The first-order valence-electron chi connectivity index (χ1n) is 4.34. The Labute approximate surface area is 77.8 Å². The lowest BCUT2D eigenvalue weighted by Crippen LogP contribution is -2.17. The molecule has 2 nitrogen and oxygen atoms in total. The Kier molecular flexibility index (Phi) is 3.80. The van der Waals surface area contributed by atoms with E-state index in [-0.39, 0.29) is 5.56 Å². The molecule has 1 heterocycles. The van der Waals surface area contributed by atoms with Gasteiger partial charge in [-0.1, -0.05) is 12.6 Å². The van der Waals surface area contributed by atoms with Crippen molar-refractivity contribution in [3.05, 3.63) is 53.1 Å². The standard InChI is InChI=1S/C11H13NO/c1-2-3-4-6-9-12-10-7-5-8-11(12)13/h3,5,7-8,10H,1,4,6,9H2. The highest BCUT2D eigenvalue weighted by atomic mass is 16.1. The van der Waals surface area contributed by atoms with Gasteiger partial charge < -0.3 is 4.57 Å². The molecule has 0 radical (unpaired) electrons. The van der Waals surface area contributed by atoms with Crippen molar-refractivity contribution in [1.29, 1.82) is 0 Å². The Balaban J connectivity index is 2.50. The summed E-state index contributed by atoms with van der Waals surface area (Å²) in [5.41, 5.74) is 2.77. The fourth-order valence-electron chi connectivity index (χ4n) is 1.11. The van der Waals surface area contributed by atoms with Crippen LogP contribution >= 0.6 is 0 Å². The molecule has 0 spiro atoms. The molecule has 0 unspecified atom stereocenters. The van der Waals surface area contributed by atoms with E-state index in [9.17, 15) is 4.79 Å². The molecule has 1 aromatic heterocycles. The van der Waals surface area contributed by atoms with Gasteiger partial charge >= 0.3 is 0 Å². The summed E-state index contributed by atoms with van der Waals surface area (Å²) in [5, 5.41) is 0. The highest BCUT2D eigenvalue weighted by molar-refractivity contribution is 4.93. The maximum absolute atomic E-state index is 11.2. The third kappa shape index (κ3) is 3.14. The average molecular weight is 175 g/mol. The molecule has 0 amide bonds. The van der Waals surface area contributed by atoms with Gasteiger partial charge in [0.15, 0.2) is 0 Å². The topological polar surface area (TPSA) is 22.0 Å². The van der Waals surface area contributed by atoms with E-state index in [1.165, 1.54) is 0 Å². The number of pyridine rings is 1. The molecule has 2 heteroatoms. The van der Waals surface area contributed by atoms with Gasteiger partial charge in [0.1, 0.15) is 0 Å². The van der Waals surface area contributed by atoms with E-state index in [1.807, 2.05) is 12.1 Å². The van der Waals surface area contributed by atoms with Gasteiger partial charge in [0.25, 0.3) is 0 Å². The molecule has 1 rings (SSSR count). The predicted molar refractivity (Wildman–Crippen MR) is 53.6 cm³/mol. The van der Waals surface area contributed by atoms with E-state index in [2.05, 4.69) is 12.3 Å². The molecule has 0 aliphatic rings. The van der Waals surface area contributed by atoms with Crippen LogP contribution in [0.25, 0.3) is 0 Å². The lowest BCUT2D eigenvalue weighted by Gasteiger charge is -2.01. The summed E-state index contributed by atoms with van der Waals surface area (Å²) in [4.78, 5) is 11.2. The van der Waals surface area contributed by atoms with Crippen LogP contribution in [0.3, 0.4) is 0 Å². The average Bonchev–Trinajstić information content (AvgIpc) is 2.15. The van der Waals surface area contributed by atoms with Gasteiger partial charge in [0, 0.05) is 18.8 Å². The second kappa shape index (κ2) is 5.18. The molecular formula is C11H13NO. The number of allylic oxidation sites excluding steroid dienone is 1. The number of hydrogen-bond donors (Lipinski definition) is 0. The Bertz CT molecular complexity index is 358. The maximum Gasteiger partial charge on any atom is 0.250 e. The van der Waals surface area contributed by atoms with Crippen LogP contribution in [0.2, 0.25) is 0 Å². The van der Waals surface area contributed by atoms with E-state index < -0.39 is 0 Å². The molecule has 0 saturated heterocycles. The summed E-state index contributed by atoms with van der Waals surface area (Å²) in [6.07, 6.45) is 5.56. The van der Waals surface area contributed by atoms with Crippen LogP contribution in [0.5, 0.6) is 0 Å². The van der Waals surface area contributed by atoms with E-state index in [4.69, 9.17) is 0 Å². The zero-order valence-corrected chi connectivity index (χ0v) is 7.57. The molecule has 1 aromatic rings. The first-order valence-corrected chi connectivity index (χ1v) is 4.34. The first kappa shape index (κ1) is 9.56. The Morgan fingerprint density at radius 2 is 2.38 bits per heavy atom. The molecule has 0 aliphatic heterocycles. The van der Waals surface area contributed by atoms with Crippen LogP contribution in [0.1, 0.15) is 12.8 Å². The van der Waals surface area contributed by atoms with Gasteiger partial charge in [-0.05, 0) is 25.0 Å². The Morgan fingerprint density at radius 3 is 3.08 bits per heavy atom. The second-order valence-corrected chi connectivity index (χ2v) is 2.78. The lowest BCUT2D eigenvalue weighted by atomic mass is 10.3. The highest BCUT2D eigenvalue weighted by Gasteiger charge is 1.91. The van der Waals surface area contributed by atoms with Crippen molar-refractivity contribution < 1.29 is 0 Å². The third-order valence-electron chi connectivity index (χ3n) is 1.79. The molecule has 68 valence electrons. The smallest absolute Gasteiger partial charge is 0.250 e. The monoisotopic (exact) mass is 175 g/mol. The first-order chi connectivity index (χ1) is 6.34. The fraction of sp³-hybridized carbons (Fsp3) is 0.273. The summed E-state index contributed by atoms with van der Waals surface area (Å²) in [6, 6.07) is 5.19. The van der Waals surface area contributed by atoms with E-state index in [1.54, 1.807) is 22.9 Å². The largest absolute Gasteiger partial charge is 0.316 e. The predicted octanol–water partition coefficient (Wildman–Crippen LogP) is 1.97. The molecule has 0 aromatic carbocycles. The quantitative estimate of drug-likeness (QED) is 0.506. The number of aryl methyl sites for hydroxylation is 1.